The van der Waals surface area contributed by atoms with Crippen molar-refractivity contribution in [2.45, 2.75) is 102 Å². The Bertz CT molecular complexity index is 311. The van der Waals surface area contributed by atoms with Crippen LogP contribution in [-0.2, 0) is 0 Å². The van der Waals surface area contributed by atoms with Gasteiger partial charge in [-0.2, -0.15) is 0 Å². The maximum atomic E-state index is 10.9. The van der Waals surface area contributed by atoms with E-state index in [1.54, 1.807) is 0 Å². The number of aliphatic hydroxyl groups excluding tert-OH is 3. The summed E-state index contributed by atoms with van der Waals surface area (Å²) in [6.07, 6.45) is 14.2. The molecule has 0 amide bonds. The Labute approximate surface area is 141 Å². The predicted octanol–water partition coefficient (Wildman–Crippen LogP) is 3.65. The third-order valence-corrected chi connectivity index (χ3v) is 7.02. The summed E-state index contributed by atoms with van der Waals surface area (Å²) in [4.78, 5) is 0. The van der Waals surface area contributed by atoms with Gasteiger partial charge in [0.05, 0.1) is 18.3 Å². The van der Waals surface area contributed by atoms with E-state index < -0.39 is 0 Å². The van der Waals surface area contributed by atoms with E-state index in [0.717, 1.165) is 63.2 Å². The fraction of sp³-hybridized carbons (Fsp3) is 1.00. The average molecular weight is 325 g/mol. The largest absolute Gasteiger partial charge is 0.393 e. The van der Waals surface area contributed by atoms with Crippen LogP contribution in [0.4, 0.5) is 0 Å². The van der Waals surface area contributed by atoms with Crippen LogP contribution in [-0.4, -0.2) is 33.6 Å². The third kappa shape index (κ3) is 4.93. The minimum Gasteiger partial charge on any atom is -0.393 e. The van der Waals surface area contributed by atoms with Crippen LogP contribution in [0.15, 0.2) is 0 Å². The van der Waals surface area contributed by atoms with E-state index in [1.807, 2.05) is 0 Å². The summed E-state index contributed by atoms with van der Waals surface area (Å²) >= 11 is 0. The maximum absolute atomic E-state index is 10.9. The van der Waals surface area contributed by atoms with E-state index in [4.69, 9.17) is 0 Å². The first-order valence-electron chi connectivity index (χ1n) is 10.2. The summed E-state index contributed by atoms with van der Waals surface area (Å²) in [6, 6.07) is 0. The number of aliphatic hydroxyl groups is 3. The minimum atomic E-state index is -0.109. The topological polar surface area (TPSA) is 60.7 Å². The van der Waals surface area contributed by atoms with Crippen LogP contribution < -0.4 is 0 Å². The SMILES string of the molecule is OC1CCC(CC2CCCC(CC3CCC(O)CC3)C2O)CC1. The molecule has 2 atom stereocenters. The van der Waals surface area contributed by atoms with Gasteiger partial charge in [0.25, 0.3) is 0 Å². The van der Waals surface area contributed by atoms with Gasteiger partial charge in [0.15, 0.2) is 0 Å². The lowest BCUT2D eigenvalue weighted by Crippen LogP contribution is -2.36. The minimum absolute atomic E-state index is 0.0723. The highest BCUT2D eigenvalue weighted by Gasteiger charge is 2.35. The molecule has 0 aromatic carbocycles. The molecule has 2 unspecified atom stereocenters. The highest BCUT2D eigenvalue weighted by Crippen LogP contribution is 2.41. The van der Waals surface area contributed by atoms with Gasteiger partial charge in [-0.05, 0) is 101 Å². The smallest absolute Gasteiger partial charge is 0.0596 e. The molecular weight excluding hydrogens is 288 g/mol. The highest BCUT2D eigenvalue weighted by molar-refractivity contribution is 4.87. The van der Waals surface area contributed by atoms with Gasteiger partial charge in [-0.25, -0.2) is 0 Å². The Morgan fingerprint density at radius 2 is 0.913 bits per heavy atom. The van der Waals surface area contributed by atoms with Crippen LogP contribution in [0.2, 0.25) is 0 Å². The van der Waals surface area contributed by atoms with Crippen molar-refractivity contribution in [3.05, 3.63) is 0 Å². The van der Waals surface area contributed by atoms with Crippen LogP contribution in [0.1, 0.15) is 83.5 Å². The van der Waals surface area contributed by atoms with Crippen molar-refractivity contribution in [3.63, 3.8) is 0 Å². The zero-order valence-corrected chi connectivity index (χ0v) is 14.6. The fourth-order valence-corrected chi connectivity index (χ4v) is 5.50. The van der Waals surface area contributed by atoms with Crippen molar-refractivity contribution < 1.29 is 15.3 Å². The third-order valence-electron chi connectivity index (χ3n) is 7.02. The summed E-state index contributed by atoms with van der Waals surface area (Å²) in [7, 11) is 0. The second-order valence-corrected chi connectivity index (χ2v) is 8.76. The molecule has 3 fully saturated rings. The monoisotopic (exact) mass is 324 g/mol. The van der Waals surface area contributed by atoms with Crippen LogP contribution >= 0.6 is 0 Å². The van der Waals surface area contributed by atoms with Gasteiger partial charge in [-0.1, -0.05) is 6.42 Å². The van der Waals surface area contributed by atoms with Crippen LogP contribution in [0.5, 0.6) is 0 Å². The molecule has 23 heavy (non-hydrogen) atoms. The van der Waals surface area contributed by atoms with Gasteiger partial charge in [-0.3, -0.25) is 0 Å². The number of rotatable bonds is 4. The highest BCUT2D eigenvalue weighted by atomic mass is 16.3. The molecule has 0 aromatic rings. The predicted molar refractivity (Wildman–Crippen MR) is 92.0 cm³/mol. The van der Waals surface area contributed by atoms with Crippen molar-refractivity contribution in [1.29, 1.82) is 0 Å². The van der Waals surface area contributed by atoms with Crippen molar-refractivity contribution in [1.82, 2.24) is 0 Å². The van der Waals surface area contributed by atoms with E-state index >= 15 is 0 Å². The van der Waals surface area contributed by atoms with E-state index in [-0.39, 0.29) is 18.3 Å². The number of hydrogen-bond acceptors (Lipinski definition) is 3. The molecule has 0 spiro atoms. The van der Waals surface area contributed by atoms with Gasteiger partial charge in [-0.15, -0.1) is 0 Å². The maximum Gasteiger partial charge on any atom is 0.0596 e. The van der Waals surface area contributed by atoms with Gasteiger partial charge in [0.1, 0.15) is 0 Å². The van der Waals surface area contributed by atoms with Crippen molar-refractivity contribution in [3.8, 4) is 0 Å². The van der Waals surface area contributed by atoms with Crippen molar-refractivity contribution >= 4 is 0 Å². The van der Waals surface area contributed by atoms with E-state index in [0.29, 0.717) is 11.8 Å². The van der Waals surface area contributed by atoms with Gasteiger partial charge < -0.3 is 15.3 Å². The van der Waals surface area contributed by atoms with Crippen molar-refractivity contribution in [2.75, 3.05) is 0 Å². The normalized spacial score (nSPS) is 45.8. The summed E-state index contributed by atoms with van der Waals surface area (Å²) in [6.45, 7) is 0. The first-order chi connectivity index (χ1) is 11.1. The molecule has 3 aliphatic rings. The second kappa shape index (κ2) is 8.31. The molecule has 3 saturated carbocycles. The molecule has 0 bridgehead atoms. The first kappa shape index (κ1) is 17.7. The quantitative estimate of drug-likeness (QED) is 0.740. The summed E-state index contributed by atoms with van der Waals surface area (Å²) < 4.78 is 0. The Balaban J connectivity index is 1.46. The molecule has 3 rings (SSSR count). The summed E-state index contributed by atoms with van der Waals surface area (Å²) in [5, 5.41) is 30.2. The standard InChI is InChI=1S/C20H36O3/c21-18-8-4-14(5-9-18)12-16-2-1-3-17(20(16)23)13-15-6-10-19(22)11-7-15/h14-23H,1-13H2. The molecule has 3 aliphatic carbocycles. The molecule has 3 heteroatoms. The molecule has 0 aromatic heterocycles. The Kier molecular flexibility index (Phi) is 6.39. The molecule has 3 N–H and O–H groups in total. The van der Waals surface area contributed by atoms with E-state index in [1.165, 1.54) is 32.1 Å². The van der Waals surface area contributed by atoms with Crippen LogP contribution in [0, 0.1) is 23.7 Å². The fourth-order valence-electron chi connectivity index (χ4n) is 5.50. The lowest BCUT2D eigenvalue weighted by atomic mass is 9.69. The number of hydrogen-bond donors (Lipinski definition) is 3. The Morgan fingerprint density at radius 1 is 0.522 bits per heavy atom. The molecule has 0 radical (unpaired) electrons. The Morgan fingerprint density at radius 3 is 1.30 bits per heavy atom. The molecule has 0 heterocycles. The molecule has 0 saturated heterocycles. The lowest BCUT2D eigenvalue weighted by Gasteiger charge is -2.39. The molecule has 3 nitrogen and oxygen atoms in total. The van der Waals surface area contributed by atoms with Gasteiger partial charge >= 0.3 is 0 Å². The Hall–Kier alpha value is -0.120. The van der Waals surface area contributed by atoms with E-state index in [2.05, 4.69) is 0 Å². The first-order valence-corrected chi connectivity index (χ1v) is 10.2. The molecular formula is C20H36O3. The molecule has 0 aliphatic heterocycles. The van der Waals surface area contributed by atoms with Gasteiger partial charge in [0, 0.05) is 0 Å². The zero-order valence-electron chi connectivity index (χ0n) is 14.6. The van der Waals surface area contributed by atoms with Gasteiger partial charge in [0.2, 0.25) is 0 Å². The van der Waals surface area contributed by atoms with Crippen LogP contribution in [0.3, 0.4) is 0 Å². The zero-order chi connectivity index (χ0) is 16.2. The van der Waals surface area contributed by atoms with E-state index in [9.17, 15) is 15.3 Å². The summed E-state index contributed by atoms with van der Waals surface area (Å²) in [5.74, 6) is 2.43. The molecule has 134 valence electrons. The average Bonchev–Trinajstić information content (AvgIpc) is 2.55. The van der Waals surface area contributed by atoms with Crippen molar-refractivity contribution in [2.24, 2.45) is 23.7 Å². The lowest BCUT2D eigenvalue weighted by molar-refractivity contribution is -0.0129. The van der Waals surface area contributed by atoms with Crippen LogP contribution in [0.25, 0.3) is 0 Å². The second-order valence-electron chi connectivity index (χ2n) is 8.76. The summed E-state index contributed by atoms with van der Waals surface area (Å²) in [5.41, 5.74) is 0.